The van der Waals surface area contributed by atoms with Crippen molar-refractivity contribution in [1.29, 1.82) is 5.26 Å². The van der Waals surface area contributed by atoms with Crippen molar-refractivity contribution < 1.29 is 9.53 Å². The summed E-state index contributed by atoms with van der Waals surface area (Å²) in [6.45, 7) is 1.53. The zero-order valence-electron chi connectivity index (χ0n) is 12.3. The van der Waals surface area contributed by atoms with E-state index >= 15 is 0 Å². The Morgan fingerprint density at radius 1 is 1.45 bits per heavy atom. The van der Waals surface area contributed by atoms with E-state index in [-0.39, 0.29) is 12.5 Å². The Morgan fingerprint density at radius 2 is 2.32 bits per heavy atom. The average Bonchev–Trinajstić information content (AvgIpc) is 2.99. The van der Waals surface area contributed by atoms with Gasteiger partial charge in [-0.1, -0.05) is 12.1 Å². The van der Waals surface area contributed by atoms with Crippen LogP contribution in [0.3, 0.4) is 0 Å². The average molecular weight is 296 g/mol. The van der Waals surface area contributed by atoms with Crippen molar-refractivity contribution in [1.82, 2.24) is 9.55 Å². The van der Waals surface area contributed by atoms with Crippen LogP contribution in [0.4, 0.5) is 5.95 Å². The van der Waals surface area contributed by atoms with Gasteiger partial charge in [0.1, 0.15) is 6.61 Å². The summed E-state index contributed by atoms with van der Waals surface area (Å²) < 4.78 is 6.91. The molecule has 0 N–H and O–H groups in total. The van der Waals surface area contributed by atoms with Crippen LogP contribution in [-0.4, -0.2) is 35.7 Å². The summed E-state index contributed by atoms with van der Waals surface area (Å²) in [5.41, 5.74) is 2.24. The molecule has 1 aromatic heterocycles. The highest BCUT2D eigenvalue weighted by atomic mass is 16.5. The zero-order chi connectivity index (χ0) is 15.5. The maximum atomic E-state index is 12.1. The lowest BCUT2D eigenvalue weighted by Gasteiger charge is -2.26. The number of carbonyl (C=O) groups excluding carboxylic acids is 1. The van der Waals surface area contributed by atoms with E-state index < -0.39 is 0 Å². The molecule has 6 heteroatoms. The molecule has 1 aromatic carbocycles. The van der Waals surface area contributed by atoms with E-state index in [1.54, 1.807) is 17.0 Å². The van der Waals surface area contributed by atoms with Gasteiger partial charge in [-0.25, -0.2) is 4.98 Å². The molecule has 1 amide bonds. The van der Waals surface area contributed by atoms with Crippen molar-refractivity contribution >= 4 is 11.9 Å². The van der Waals surface area contributed by atoms with Crippen LogP contribution in [0.5, 0.6) is 0 Å². The molecule has 0 radical (unpaired) electrons. The number of anilines is 1. The lowest BCUT2D eigenvalue weighted by Crippen LogP contribution is -2.39. The van der Waals surface area contributed by atoms with Crippen LogP contribution in [0.15, 0.2) is 30.5 Å². The van der Waals surface area contributed by atoms with E-state index in [9.17, 15) is 4.79 Å². The first-order chi connectivity index (χ1) is 10.7. The lowest BCUT2D eigenvalue weighted by atomic mass is 10.1. The minimum atomic E-state index is -0.0913. The first-order valence-electron chi connectivity index (χ1n) is 7.10. The summed E-state index contributed by atoms with van der Waals surface area (Å²) in [4.78, 5) is 18.4. The number of imidazole rings is 1. The monoisotopic (exact) mass is 296 g/mol. The number of carbonyl (C=O) groups is 1. The molecule has 0 spiro atoms. The lowest BCUT2D eigenvalue weighted by molar-refractivity contribution is -0.122. The molecule has 6 nitrogen and oxygen atoms in total. The van der Waals surface area contributed by atoms with Gasteiger partial charge < -0.3 is 9.30 Å². The molecule has 0 fully saturated rings. The number of ether oxygens (including phenoxy) is 1. The number of nitrogens with zero attached hydrogens (tertiary/aromatic N) is 4. The highest BCUT2D eigenvalue weighted by Crippen LogP contribution is 2.26. The number of nitriles is 1. The Kier molecular flexibility index (Phi) is 3.90. The Morgan fingerprint density at radius 3 is 3.09 bits per heavy atom. The van der Waals surface area contributed by atoms with Crippen LogP contribution in [0.2, 0.25) is 0 Å². The van der Waals surface area contributed by atoms with Crippen molar-refractivity contribution in [3.63, 3.8) is 0 Å². The van der Waals surface area contributed by atoms with E-state index in [2.05, 4.69) is 11.1 Å². The van der Waals surface area contributed by atoms with Gasteiger partial charge in [-0.3, -0.25) is 9.69 Å². The summed E-state index contributed by atoms with van der Waals surface area (Å²) in [7, 11) is 1.51. The predicted molar refractivity (Wildman–Crippen MR) is 81.2 cm³/mol. The van der Waals surface area contributed by atoms with Gasteiger partial charge >= 0.3 is 0 Å². The van der Waals surface area contributed by atoms with Crippen molar-refractivity contribution in [3.8, 4) is 17.3 Å². The summed E-state index contributed by atoms with van der Waals surface area (Å²) in [5.74, 6) is 0.553. The number of amides is 1. The van der Waals surface area contributed by atoms with E-state index in [0.717, 1.165) is 24.2 Å². The molecule has 0 unspecified atom stereocenters. The van der Waals surface area contributed by atoms with Crippen LogP contribution in [-0.2, 0) is 16.1 Å². The third kappa shape index (κ3) is 2.59. The van der Waals surface area contributed by atoms with Gasteiger partial charge in [0, 0.05) is 32.0 Å². The van der Waals surface area contributed by atoms with Crippen LogP contribution >= 0.6 is 0 Å². The summed E-state index contributed by atoms with van der Waals surface area (Å²) in [6, 6.07) is 9.43. The molecule has 0 saturated heterocycles. The summed E-state index contributed by atoms with van der Waals surface area (Å²) in [5, 5.41) is 9.00. The van der Waals surface area contributed by atoms with Gasteiger partial charge in [-0.15, -0.1) is 0 Å². The molecule has 0 bridgehead atoms. The van der Waals surface area contributed by atoms with Gasteiger partial charge in [-0.05, 0) is 18.6 Å². The topological polar surface area (TPSA) is 71.2 Å². The van der Waals surface area contributed by atoms with Gasteiger partial charge in [-0.2, -0.15) is 5.26 Å². The number of aryl methyl sites for hydroxylation is 1. The van der Waals surface area contributed by atoms with E-state index in [1.807, 2.05) is 22.9 Å². The van der Waals surface area contributed by atoms with Crippen molar-refractivity contribution in [2.45, 2.75) is 13.0 Å². The maximum absolute atomic E-state index is 12.1. The second kappa shape index (κ2) is 6.00. The van der Waals surface area contributed by atoms with Gasteiger partial charge in [0.05, 0.1) is 17.3 Å². The Hall–Kier alpha value is -2.65. The molecule has 0 aliphatic carbocycles. The van der Waals surface area contributed by atoms with Gasteiger partial charge in [0.2, 0.25) is 5.95 Å². The minimum absolute atomic E-state index is 0.0477. The minimum Gasteiger partial charge on any atom is -0.375 e. The molecule has 3 rings (SSSR count). The van der Waals surface area contributed by atoms with Crippen LogP contribution in [0, 0.1) is 11.3 Å². The third-order valence-electron chi connectivity index (χ3n) is 3.63. The highest BCUT2D eigenvalue weighted by molar-refractivity contribution is 5.93. The molecular formula is C16H16N4O2. The molecule has 112 valence electrons. The molecule has 2 heterocycles. The fourth-order valence-electron chi connectivity index (χ4n) is 2.61. The van der Waals surface area contributed by atoms with E-state index in [4.69, 9.17) is 10.00 Å². The van der Waals surface area contributed by atoms with E-state index in [1.165, 1.54) is 7.11 Å². The summed E-state index contributed by atoms with van der Waals surface area (Å²) >= 11 is 0. The van der Waals surface area contributed by atoms with Gasteiger partial charge in [0.15, 0.2) is 0 Å². The molecule has 0 saturated carbocycles. The molecule has 1 aliphatic rings. The van der Waals surface area contributed by atoms with Crippen molar-refractivity contribution in [2.75, 3.05) is 25.2 Å². The number of benzene rings is 1. The number of methoxy groups -OCH3 is 1. The quantitative estimate of drug-likeness (QED) is 0.866. The summed E-state index contributed by atoms with van der Waals surface area (Å²) in [6.07, 6.45) is 2.81. The first kappa shape index (κ1) is 14.3. The van der Waals surface area contributed by atoms with Crippen LogP contribution in [0.1, 0.15) is 12.0 Å². The zero-order valence-corrected chi connectivity index (χ0v) is 12.3. The Bertz CT molecular complexity index is 745. The number of rotatable bonds is 3. The number of fused-ring (bicyclic) bond motifs is 1. The normalized spacial score (nSPS) is 13.5. The number of hydrogen-bond acceptors (Lipinski definition) is 4. The number of aromatic nitrogens is 2. The molecule has 1 aliphatic heterocycles. The number of hydrogen-bond donors (Lipinski definition) is 0. The molecule has 0 atom stereocenters. The molecule has 22 heavy (non-hydrogen) atoms. The third-order valence-corrected chi connectivity index (χ3v) is 3.63. The second-order valence-electron chi connectivity index (χ2n) is 5.14. The SMILES string of the molecule is COCC(=O)N1CCCn2cc(-c3cccc(C#N)c3)nc21. The fraction of sp³-hybridized carbons (Fsp3) is 0.312. The Labute approximate surface area is 128 Å². The molecular weight excluding hydrogens is 280 g/mol. The Balaban J connectivity index is 1.97. The predicted octanol–water partition coefficient (Wildman–Crippen LogP) is 1.80. The largest absolute Gasteiger partial charge is 0.375 e. The van der Waals surface area contributed by atoms with Crippen LogP contribution in [0.25, 0.3) is 11.3 Å². The first-order valence-corrected chi connectivity index (χ1v) is 7.10. The fourth-order valence-corrected chi connectivity index (χ4v) is 2.61. The highest BCUT2D eigenvalue weighted by Gasteiger charge is 2.25. The smallest absolute Gasteiger partial charge is 0.255 e. The van der Waals surface area contributed by atoms with Crippen LogP contribution < -0.4 is 4.90 Å². The standard InChI is InChI=1S/C16H16N4O2/c1-22-11-15(21)20-7-3-6-19-10-14(18-16(19)20)13-5-2-4-12(8-13)9-17/h2,4-5,8,10H,3,6-7,11H2,1H3. The second-order valence-corrected chi connectivity index (χ2v) is 5.14. The van der Waals surface area contributed by atoms with Crippen molar-refractivity contribution in [2.24, 2.45) is 0 Å². The molecule has 2 aromatic rings. The van der Waals surface area contributed by atoms with Crippen molar-refractivity contribution in [3.05, 3.63) is 36.0 Å². The van der Waals surface area contributed by atoms with E-state index in [0.29, 0.717) is 18.1 Å². The maximum Gasteiger partial charge on any atom is 0.255 e. The van der Waals surface area contributed by atoms with Gasteiger partial charge in [0.25, 0.3) is 5.91 Å².